The summed E-state index contributed by atoms with van der Waals surface area (Å²) in [5.41, 5.74) is 1.94. The van der Waals surface area contributed by atoms with Crippen LogP contribution in [-0.2, 0) is 11.3 Å². The number of hydrogen-bond acceptors (Lipinski definition) is 5. The van der Waals surface area contributed by atoms with E-state index in [2.05, 4.69) is 4.98 Å². The zero-order valence-corrected chi connectivity index (χ0v) is 11.2. The van der Waals surface area contributed by atoms with Crippen LogP contribution in [0.15, 0.2) is 36.4 Å². The average Bonchev–Trinajstić information content (AvgIpc) is 2.47. The Kier molecular flexibility index (Phi) is 4.27. The third-order valence-electron chi connectivity index (χ3n) is 2.76. The highest BCUT2D eigenvalue weighted by Gasteiger charge is 2.13. The molecule has 0 aliphatic carbocycles. The lowest BCUT2D eigenvalue weighted by atomic mass is 10.1. The molecule has 2 aromatic rings. The number of nitro groups is 1. The van der Waals surface area contributed by atoms with E-state index in [1.807, 2.05) is 0 Å². The van der Waals surface area contributed by atoms with Crippen molar-refractivity contribution in [3.8, 4) is 17.0 Å². The molecular formula is C14H14N2O4. The molecule has 0 amide bonds. The van der Waals surface area contributed by atoms with E-state index in [1.165, 1.54) is 19.2 Å². The molecule has 104 valence electrons. The fourth-order valence-electron chi connectivity index (χ4n) is 1.85. The van der Waals surface area contributed by atoms with Crippen LogP contribution in [0.25, 0.3) is 11.3 Å². The zero-order valence-electron chi connectivity index (χ0n) is 11.2. The van der Waals surface area contributed by atoms with Crippen LogP contribution in [0.2, 0.25) is 0 Å². The number of rotatable bonds is 5. The van der Waals surface area contributed by atoms with Gasteiger partial charge in [0, 0.05) is 24.8 Å². The summed E-state index contributed by atoms with van der Waals surface area (Å²) >= 11 is 0. The molecule has 1 aromatic carbocycles. The Morgan fingerprint density at radius 1 is 1.25 bits per heavy atom. The molecule has 0 unspecified atom stereocenters. The van der Waals surface area contributed by atoms with Crippen LogP contribution < -0.4 is 4.74 Å². The summed E-state index contributed by atoms with van der Waals surface area (Å²) in [6.45, 7) is 0.367. The summed E-state index contributed by atoms with van der Waals surface area (Å²) in [7, 11) is 3.12. The largest absolute Gasteiger partial charge is 0.494 e. The number of benzene rings is 1. The number of methoxy groups -OCH3 is 2. The van der Waals surface area contributed by atoms with Crippen LogP contribution in [0.4, 0.5) is 5.69 Å². The number of hydrogen-bond donors (Lipinski definition) is 0. The van der Waals surface area contributed by atoms with Crippen LogP contribution in [-0.4, -0.2) is 24.1 Å². The summed E-state index contributed by atoms with van der Waals surface area (Å²) < 4.78 is 10.3. The van der Waals surface area contributed by atoms with E-state index in [9.17, 15) is 10.1 Å². The van der Waals surface area contributed by atoms with Gasteiger partial charge in [0.1, 0.15) is 11.4 Å². The van der Waals surface area contributed by atoms with Gasteiger partial charge in [-0.25, -0.2) is 4.98 Å². The lowest BCUT2D eigenvalue weighted by Gasteiger charge is -2.09. The lowest BCUT2D eigenvalue weighted by Crippen LogP contribution is -1.98. The van der Waals surface area contributed by atoms with Gasteiger partial charge < -0.3 is 9.47 Å². The van der Waals surface area contributed by atoms with Gasteiger partial charge in [-0.2, -0.15) is 0 Å². The van der Waals surface area contributed by atoms with E-state index in [0.29, 0.717) is 23.6 Å². The molecule has 0 fully saturated rings. The maximum Gasteiger partial charge on any atom is 0.270 e. The fraction of sp³-hybridized carbons (Fsp3) is 0.214. The van der Waals surface area contributed by atoms with Gasteiger partial charge in [0.25, 0.3) is 5.69 Å². The molecule has 1 heterocycles. The highest BCUT2D eigenvalue weighted by atomic mass is 16.6. The predicted octanol–water partition coefficient (Wildman–Crippen LogP) is 2.81. The average molecular weight is 274 g/mol. The third-order valence-corrected chi connectivity index (χ3v) is 2.76. The molecule has 0 aliphatic heterocycles. The maximum absolute atomic E-state index is 10.8. The molecule has 1 aromatic heterocycles. The van der Waals surface area contributed by atoms with Crippen LogP contribution in [0.1, 0.15) is 5.69 Å². The first-order chi connectivity index (χ1) is 9.65. The van der Waals surface area contributed by atoms with Crippen molar-refractivity contribution in [2.24, 2.45) is 0 Å². The molecule has 0 bridgehead atoms. The summed E-state index contributed by atoms with van der Waals surface area (Å²) in [6.07, 6.45) is 0. The molecule has 0 saturated heterocycles. The normalized spacial score (nSPS) is 10.3. The van der Waals surface area contributed by atoms with Gasteiger partial charge in [0.05, 0.1) is 24.3 Å². The van der Waals surface area contributed by atoms with Crippen LogP contribution >= 0.6 is 0 Å². The minimum atomic E-state index is -0.436. The van der Waals surface area contributed by atoms with Crippen molar-refractivity contribution < 1.29 is 14.4 Å². The van der Waals surface area contributed by atoms with Crippen molar-refractivity contribution in [2.75, 3.05) is 14.2 Å². The Labute approximate surface area is 116 Å². The SMILES string of the molecule is COCc1ccc(OC)c(-c2cccc([N+](=O)[O-])c2)n1. The monoisotopic (exact) mass is 274 g/mol. The van der Waals surface area contributed by atoms with Crippen molar-refractivity contribution >= 4 is 5.69 Å². The van der Waals surface area contributed by atoms with Gasteiger partial charge >= 0.3 is 0 Å². The van der Waals surface area contributed by atoms with E-state index in [4.69, 9.17) is 9.47 Å². The molecule has 20 heavy (non-hydrogen) atoms. The second-order valence-electron chi connectivity index (χ2n) is 4.09. The number of non-ortho nitro benzene ring substituents is 1. The molecule has 0 N–H and O–H groups in total. The van der Waals surface area contributed by atoms with Gasteiger partial charge in [0.2, 0.25) is 0 Å². The van der Waals surface area contributed by atoms with Gasteiger partial charge in [-0.15, -0.1) is 0 Å². The minimum absolute atomic E-state index is 0.0171. The zero-order chi connectivity index (χ0) is 14.5. The maximum atomic E-state index is 10.8. The Balaban J connectivity index is 2.51. The first-order valence-corrected chi connectivity index (χ1v) is 5.93. The quantitative estimate of drug-likeness (QED) is 0.619. The summed E-state index contributed by atoms with van der Waals surface area (Å²) in [4.78, 5) is 14.8. The lowest BCUT2D eigenvalue weighted by molar-refractivity contribution is -0.384. The topological polar surface area (TPSA) is 74.5 Å². The van der Waals surface area contributed by atoms with Crippen molar-refractivity contribution in [3.05, 3.63) is 52.2 Å². The smallest absolute Gasteiger partial charge is 0.270 e. The highest BCUT2D eigenvalue weighted by Crippen LogP contribution is 2.30. The predicted molar refractivity (Wildman–Crippen MR) is 73.6 cm³/mol. The fourth-order valence-corrected chi connectivity index (χ4v) is 1.85. The number of aromatic nitrogens is 1. The van der Waals surface area contributed by atoms with Gasteiger partial charge in [0.15, 0.2) is 0 Å². The Bertz CT molecular complexity index is 628. The molecule has 0 spiro atoms. The molecular weight excluding hydrogens is 260 g/mol. The van der Waals surface area contributed by atoms with E-state index in [1.54, 1.807) is 31.4 Å². The molecule has 0 saturated carbocycles. The Morgan fingerprint density at radius 3 is 2.70 bits per heavy atom. The standard InChI is InChI=1S/C14H14N2O4/c1-19-9-11-6-7-13(20-2)14(15-11)10-4-3-5-12(8-10)16(17)18/h3-8H,9H2,1-2H3. The minimum Gasteiger partial charge on any atom is -0.494 e. The highest BCUT2D eigenvalue weighted by molar-refractivity contribution is 5.68. The second kappa shape index (κ2) is 6.12. The number of ether oxygens (including phenoxy) is 2. The third kappa shape index (κ3) is 2.92. The van der Waals surface area contributed by atoms with Crippen LogP contribution in [0.3, 0.4) is 0 Å². The van der Waals surface area contributed by atoms with E-state index in [-0.39, 0.29) is 5.69 Å². The summed E-state index contributed by atoms with van der Waals surface area (Å²) in [6, 6.07) is 9.86. The van der Waals surface area contributed by atoms with Gasteiger partial charge in [-0.05, 0) is 12.1 Å². The molecule has 0 aliphatic rings. The van der Waals surface area contributed by atoms with Crippen molar-refractivity contribution in [1.82, 2.24) is 4.98 Å². The molecule has 0 radical (unpaired) electrons. The number of nitro benzene ring substituents is 1. The van der Waals surface area contributed by atoms with Crippen LogP contribution in [0.5, 0.6) is 5.75 Å². The molecule has 6 heteroatoms. The molecule has 6 nitrogen and oxygen atoms in total. The van der Waals surface area contributed by atoms with Crippen LogP contribution in [0, 0.1) is 10.1 Å². The van der Waals surface area contributed by atoms with Gasteiger partial charge in [-0.3, -0.25) is 10.1 Å². The van der Waals surface area contributed by atoms with E-state index >= 15 is 0 Å². The number of nitrogens with zero attached hydrogens (tertiary/aromatic N) is 2. The molecule has 2 rings (SSSR count). The first kappa shape index (κ1) is 14.0. The van der Waals surface area contributed by atoms with E-state index in [0.717, 1.165) is 5.69 Å². The van der Waals surface area contributed by atoms with E-state index < -0.39 is 4.92 Å². The summed E-state index contributed by atoms with van der Waals surface area (Å²) in [5.74, 6) is 0.561. The first-order valence-electron chi connectivity index (χ1n) is 5.93. The van der Waals surface area contributed by atoms with Crippen molar-refractivity contribution in [3.63, 3.8) is 0 Å². The van der Waals surface area contributed by atoms with Crippen molar-refractivity contribution in [1.29, 1.82) is 0 Å². The van der Waals surface area contributed by atoms with Crippen molar-refractivity contribution in [2.45, 2.75) is 6.61 Å². The Hall–Kier alpha value is -2.47. The Morgan fingerprint density at radius 2 is 2.05 bits per heavy atom. The molecule has 0 atom stereocenters. The van der Waals surface area contributed by atoms with Gasteiger partial charge in [-0.1, -0.05) is 12.1 Å². The number of pyridine rings is 1. The summed E-state index contributed by atoms with van der Waals surface area (Å²) in [5, 5.41) is 10.8. The second-order valence-corrected chi connectivity index (χ2v) is 4.09.